The molecule has 0 aliphatic carbocycles. The number of hydrogen-bond acceptors (Lipinski definition) is 4. The van der Waals surface area contributed by atoms with Gasteiger partial charge in [0.2, 0.25) is 0 Å². The Kier molecular flexibility index (Phi) is 4.66. The third kappa shape index (κ3) is 2.90. The standard InChI is InChI=1S/C12H13NO2S/c1-4-6-9(7-5-2)10-8-11(16-13-10)12(14)15-3/h4-8H,1H2,2-3H3/b7-5-,9-6+. The molecule has 0 saturated heterocycles. The van der Waals surface area contributed by atoms with E-state index in [1.54, 1.807) is 12.1 Å². The smallest absolute Gasteiger partial charge is 0.349 e. The maximum Gasteiger partial charge on any atom is 0.349 e. The molecule has 0 spiro atoms. The van der Waals surface area contributed by atoms with Gasteiger partial charge in [-0.1, -0.05) is 30.9 Å². The molecule has 1 aromatic rings. The first-order chi connectivity index (χ1) is 7.72. The van der Waals surface area contributed by atoms with Crippen molar-refractivity contribution < 1.29 is 9.53 Å². The van der Waals surface area contributed by atoms with Crippen LogP contribution in [-0.4, -0.2) is 17.5 Å². The van der Waals surface area contributed by atoms with E-state index in [1.165, 1.54) is 7.11 Å². The molecular weight excluding hydrogens is 222 g/mol. The maximum atomic E-state index is 11.3. The molecule has 0 atom stereocenters. The fourth-order valence-corrected chi connectivity index (χ4v) is 1.82. The van der Waals surface area contributed by atoms with Gasteiger partial charge in [-0.3, -0.25) is 0 Å². The highest BCUT2D eigenvalue weighted by Gasteiger charge is 2.11. The number of rotatable bonds is 4. The molecule has 0 bridgehead atoms. The normalized spacial score (nSPS) is 11.8. The van der Waals surface area contributed by atoms with Gasteiger partial charge in [0.1, 0.15) is 4.88 Å². The largest absolute Gasteiger partial charge is 0.465 e. The fourth-order valence-electron chi connectivity index (χ4n) is 1.14. The first-order valence-electron chi connectivity index (χ1n) is 4.73. The predicted molar refractivity (Wildman–Crippen MR) is 66.4 cm³/mol. The quantitative estimate of drug-likeness (QED) is 0.594. The molecule has 1 heterocycles. The second-order valence-corrected chi connectivity index (χ2v) is 3.73. The Morgan fingerprint density at radius 3 is 2.94 bits per heavy atom. The van der Waals surface area contributed by atoms with E-state index < -0.39 is 0 Å². The third-order valence-electron chi connectivity index (χ3n) is 1.84. The van der Waals surface area contributed by atoms with E-state index >= 15 is 0 Å². The average molecular weight is 235 g/mol. The minimum Gasteiger partial charge on any atom is -0.465 e. The van der Waals surface area contributed by atoms with Crippen LogP contribution in [0.2, 0.25) is 0 Å². The van der Waals surface area contributed by atoms with Crippen LogP contribution >= 0.6 is 11.5 Å². The van der Waals surface area contributed by atoms with Crippen LogP contribution in [-0.2, 0) is 4.74 Å². The minimum atomic E-state index is -0.359. The molecule has 0 aliphatic heterocycles. The van der Waals surface area contributed by atoms with Gasteiger partial charge in [-0.25, -0.2) is 4.79 Å². The van der Waals surface area contributed by atoms with Gasteiger partial charge in [0.15, 0.2) is 0 Å². The van der Waals surface area contributed by atoms with E-state index in [0.717, 1.165) is 22.8 Å². The Labute approximate surface area is 98.9 Å². The first-order valence-corrected chi connectivity index (χ1v) is 5.51. The number of hydrogen-bond donors (Lipinski definition) is 0. The van der Waals surface area contributed by atoms with Crippen molar-refractivity contribution in [2.45, 2.75) is 6.92 Å². The molecule has 16 heavy (non-hydrogen) atoms. The van der Waals surface area contributed by atoms with Crippen LogP contribution in [0, 0.1) is 0 Å². The monoisotopic (exact) mass is 235 g/mol. The molecule has 1 aromatic heterocycles. The van der Waals surface area contributed by atoms with Crippen LogP contribution in [0.1, 0.15) is 22.3 Å². The number of carbonyl (C=O) groups excluding carboxylic acids is 1. The molecule has 1 rings (SSSR count). The SMILES string of the molecule is C=C/C=C(\C=C/C)c1cc(C(=O)OC)sn1. The van der Waals surface area contributed by atoms with Gasteiger partial charge in [0.25, 0.3) is 0 Å². The molecule has 0 amide bonds. The molecule has 0 aromatic carbocycles. The Bertz CT molecular complexity index is 444. The summed E-state index contributed by atoms with van der Waals surface area (Å²) in [4.78, 5) is 11.8. The van der Waals surface area contributed by atoms with E-state index in [0.29, 0.717) is 4.88 Å². The van der Waals surface area contributed by atoms with Crippen molar-refractivity contribution >= 4 is 23.1 Å². The van der Waals surface area contributed by atoms with E-state index in [9.17, 15) is 4.79 Å². The second-order valence-electron chi connectivity index (χ2n) is 2.93. The van der Waals surface area contributed by atoms with Crippen LogP contribution in [0.25, 0.3) is 5.57 Å². The zero-order valence-corrected chi connectivity index (χ0v) is 10.1. The summed E-state index contributed by atoms with van der Waals surface area (Å²) in [7, 11) is 1.36. The van der Waals surface area contributed by atoms with Crippen molar-refractivity contribution in [3.63, 3.8) is 0 Å². The Morgan fingerprint density at radius 1 is 1.62 bits per heavy atom. The van der Waals surface area contributed by atoms with E-state index in [-0.39, 0.29) is 5.97 Å². The lowest BCUT2D eigenvalue weighted by molar-refractivity contribution is 0.0606. The van der Waals surface area contributed by atoms with Gasteiger partial charge < -0.3 is 4.74 Å². The van der Waals surface area contributed by atoms with Crippen LogP contribution in [0.5, 0.6) is 0 Å². The van der Waals surface area contributed by atoms with E-state index in [1.807, 2.05) is 25.2 Å². The highest BCUT2D eigenvalue weighted by atomic mass is 32.1. The van der Waals surface area contributed by atoms with Crippen molar-refractivity contribution in [1.82, 2.24) is 4.37 Å². The average Bonchev–Trinajstić information content (AvgIpc) is 2.77. The zero-order chi connectivity index (χ0) is 12.0. The molecule has 0 unspecified atom stereocenters. The van der Waals surface area contributed by atoms with Crippen LogP contribution < -0.4 is 0 Å². The topological polar surface area (TPSA) is 39.2 Å². The molecule has 4 heteroatoms. The predicted octanol–water partition coefficient (Wildman–Crippen LogP) is 3.08. The van der Waals surface area contributed by atoms with Gasteiger partial charge >= 0.3 is 5.97 Å². The lowest BCUT2D eigenvalue weighted by Crippen LogP contribution is -1.97. The van der Waals surface area contributed by atoms with Gasteiger partial charge in [0, 0.05) is 5.57 Å². The molecule has 84 valence electrons. The Balaban J connectivity index is 3.03. The molecule has 0 radical (unpaired) electrons. The zero-order valence-electron chi connectivity index (χ0n) is 9.27. The van der Waals surface area contributed by atoms with Crippen LogP contribution in [0.15, 0.2) is 36.9 Å². The number of aromatic nitrogens is 1. The van der Waals surface area contributed by atoms with Gasteiger partial charge in [0.05, 0.1) is 12.8 Å². The van der Waals surface area contributed by atoms with Crippen molar-refractivity contribution in [1.29, 1.82) is 0 Å². The summed E-state index contributed by atoms with van der Waals surface area (Å²) in [5, 5.41) is 0. The second kappa shape index (κ2) is 6.02. The number of ether oxygens (including phenoxy) is 1. The molecule has 0 fully saturated rings. The fraction of sp³-hybridized carbons (Fsp3) is 0.167. The summed E-state index contributed by atoms with van der Waals surface area (Å²) in [6, 6.07) is 1.71. The molecule has 3 nitrogen and oxygen atoms in total. The lowest BCUT2D eigenvalue weighted by Gasteiger charge is -1.94. The van der Waals surface area contributed by atoms with Crippen molar-refractivity contribution in [2.75, 3.05) is 7.11 Å². The molecular formula is C12H13NO2S. The molecule has 0 saturated carbocycles. The van der Waals surface area contributed by atoms with Crippen molar-refractivity contribution in [3.05, 3.63) is 47.5 Å². The number of carbonyl (C=O) groups is 1. The number of methoxy groups -OCH3 is 1. The number of nitrogens with zero attached hydrogens (tertiary/aromatic N) is 1. The lowest BCUT2D eigenvalue weighted by atomic mass is 10.1. The maximum absolute atomic E-state index is 11.3. The summed E-state index contributed by atoms with van der Waals surface area (Å²) in [5.74, 6) is -0.359. The highest BCUT2D eigenvalue weighted by molar-refractivity contribution is 7.08. The summed E-state index contributed by atoms with van der Waals surface area (Å²) in [5.41, 5.74) is 1.67. The Morgan fingerprint density at radius 2 is 2.38 bits per heavy atom. The summed E-state index contributed by atoms with van der Waals surface area (Å²) in [6.07, 6.45) is 7.35. The van der Waals surface area contributed by atoms with Crippen molar-refractivity contribution in [3.8, 4) is 0 Å². The summed E-state index contributed by atoms with van der Waals surface area (Å²) < 4.78 is 8.82. The number of allylic oxidation sites excluding steroid dienone is 5. The number of esters is 1. The van der Waals surface area contributed by atoms with Crippen LogP contribution in [0.4, 0.5) is 0 Å². The summed E-state index contributed by atoms with van der Waals surface area (Å²) in [6.45, 7) is 5.56. The van der Waals surface area contributed by atoms with Crippen LogP contribution in [0.3, 0.4) is 0 Å². The van der Waals surface area contributed by atoms with E-state index in [4.69, 9.17) is 0 Å². The third-order valence-corrected chi connectivity index (χ3v) is 2.61. The first kappa shape index (κ1) is 12.4. The molecule has 0 N–H and O–H groups in total. The Hall–Kier alpha value is -1.68. The van der Waals surface area contributed by atoms with Gasteiger partial charge in [-0.05, 0) is 24.5 Å². The van der Waals surface area contributed by atoms with Gasteiger partial charge in [-0.15, -0.1) is 0 Å². The molecule has 0 aliphatic rings. The minimum absolute atomic E-state index is 0.359. The van der Waals surface area contributed by atoms with E-state index in [2.05, 4.69) is 15.7 Å². The highest BCUT2D eigenvalue weighted by Crippen LogP contribution is 2.20. The summed E-state index contributed by atoms with van der Waals surface area (Å²) >= 11 is 1.13. The van der Waals surface area contributed by atoms with Crippen molar-refractivity contribution in [2.24, 2.45) is 0 Å². The van der Waals surface area contributed by atoms with Gasteiger partial charge in [-0.2, -0.15) is 4.37 Å².